The first-order chi connectivity index (χ1) is 13.5. The van der Waals surface area contributed by atoms with E-state index in [1.807, 2.05) is 0 Å². The maximum Gasteiger partial charge on any atom is 0.416 e. The van der Waals surface area contributed by atoms with Crippen molar-refractivity contribution in [1.29, 1.82) is 0 Å². The number of carbonyl (C=O) groups is 1. The summed E-state index contributed by atoms with van der Waals surface area (Å²) < 4.78 is 77.9. The summed E-state index contributed by atoms with van der Waals surface area (Å²) in [4.78, 5) is 13.8. The first kappa shape index (κ1) is 21.3. The molecule has 3 rings (SSSR count). The summed E-state index contributed by atoms with van der Waals surface area (Å²) in [6.07, 6.45) is -4.55. The quantitative estimate of drug-likeness (QED) is 0.703. The summed E-state index contributed by atoms with van der Waals surface area (Å²) in [5, 5.41) is 0. The molecule has 1 aliphatic rings. The smallest absolute Gasteiger partial charge is 0.336 e. The molecule has 156 valence electrons. The maximum absolute atomic E-state index is 13.5. The van der Waals surface area contributed by atoms with E-state index in [1.54, 1.807) is 6.92 Å². The van der Waals surface area contributed by atoms with Crippen LogP contribution in [0.15, 0.2) is 47.4 Å². The van der Waals surface area contributed by atoms with Crippen LogP contribution in [0.4, 0.5) is 17.6 Å². The normalized spacial score (nSPS) is 16.1. The lowest BCUT2D eigenvalue weighted by Gasteiger charge is -2.34. The zero-order valence-electron chi connectivity index (χ0n) is 15.4. The highest BCUT2D eigenvalue weighted by atomic mass is 32.2. The number of sulfonamides is 1. The van der Waals surface area contributed by atoms with Gasteiger partial charge >= 0.3 is 6.18 Å². The van der Waals surface area contributed by atoms with Gasteiger partial charge < -0.3 is 4.90 Å². The molecule has 1 saturated heterocycles. The van der Waals surface area contributed by atoms with Gasteiger partial charge in [0.25, 0.3) is 5.91 Å². The molecule has 0 spiro atoms. The molecule has 0 saturated carbocycles. The van der Waals surface area contributed by atoms with E-state index >= 15 is 0 Å². The fourth-order valence-corrected chi connectivity index (χ4v) is 4.51. The number of amides is 1. The molecule has 2 aromatic carbocycles. The zero-order chi connectivity index (χ0) is 21.4. The number of piperazine rings is 1. The molecule has 1 fully saturated rings. The molecule has 0 bridgehead atoms. The molecule has 0 atom stereocenters. The lowest BCUT2D eigenvalue weighted by Crippen LogP contribution is -2.50. The molecule has 0 unspecified atom stereocenters. The number of hydrogen-bond acceptors (Lipinski definition) is 3. The predicted octanol–water partition coefficient (Wildman–Crippen LogP) is 3.30. The Bertz CT molecular complexity index is 1010. The largest absolute Gasteiger partial charge is 0.416 e. The fraction of sp³-hybridized carbons (Fsp3) is 0.316. The molecule has 0 radical (unpaired) electrons. The number of hydrogen-bond donors (Lipinski definition) is 0. The minimum absolute atomic E-state index is 0.0105. The molecule has 1 heterocycles. The van der Waals surface area contributed by atoms with E-state index in [-0.39, 0.29) is 36.6 Å². The predicted molar refractivity (Wildman–Crippen MR) is 97.2 cm³/mol. The molecule has 10 heteroatoms. The minimum Gasteiger partial charge on any atom is -0.336 e. The molecule has 5 nitrogen and oxygen atoms in total. The lowest BCUT2D eigenvalue weighted by atomic mass is 10.1. The Hall–Kier alpha value is -2.46. The van der Waals surface area contributed by atoms with Gasteiger partial charge in [-0.3, -0.25) is 4.79 Å². The lowest BCUT2D eigenvalue weighted by molar-refractivity contribution is -0.137. The summed E-state index contributed by atoms with van der Waals surface area (Å²) >= 11 is 0. The summed E-state index contributed by atoms with van der Waals surface area (Å²) in [7, 11) is -3.98. The summed E-state index contributed by atoms with van der Waals surface area (Å²) in [6, 6.07) is 7.17. The highest BCUT2D eigenvalue weighted by Crippen LogP contribution is 2.30. The summed E-state index contributed by atoms with van der Waals surface area (Å²) in [5.41, 5.74) is -0.113. The van der Waals surface area contributed by atoms with E-state index in [1.165, 1.54) is 17.0 Å². The topological polar surface area (TPSA) is 57.7 Å². The number of nitrogens with zero attached hydrogens (tertiary/aromatic N) is 2. The number of carbonyl (C=O) groups excluding carboxylic acids is 1. The summed E-state index contributed by atoms with van der Waals surface area (Å²) in [6.45, 7) is 1.84. The van der Waals surface area contributed by atoms with Crippen molar-refractivity contribution in [2.24, 2.45) is 0 Å². The van der Waals surface area contributed by atoms with E-state index in [2.05, 4.69) is 0 Å². The standard InChI is InChI=1S/C19H18F4N2O3S/c1-13-2-5-15(20)12-17(13)18(26)24-8-10-25(11-9-24)29(27,28)16-6-3-14(4-7-16)19(21,22)23/h2-7,12H,8-11H2,1H3. The van der Waals surface area contributed by atoms with Crippen LogP contribution >= 0.6 is 0 Å². The molecule has 0 aromatic heterocycles. The van der Waals surface area contributed by atoms with Gasteiger partial charge in [0.05, 0.1) is 10.5 Å². The van der Waals surface area contributed by atoms with Crippen molar-refractivity contribution in [3.63, 3.8) is 0 Å². The average Bonchev–Trinajstić information content (AvgIpc) is 2.69. The third-order valence-electron chi connectivity index (χ3n) is 4.78. The van der Waals surface area contributed by atoms with E-state index in [4.69, 9.17) is 0 Å². The van der Waals surface area contributed by atoms with Crippen LogP contribution in [-0.2, 0) is 16.2 Å². The van der Waals surface area contributed by atoms with Gasteiger partial charge in [0.2, 0.25) is 10.0 Å². The van der Waals surface area contributed by atoms with Crippen molar-refractivity contribution in [3.8, 4) is 0 Å². The fourth-order valence-electron chi connectivity index (χ4n) is 3.09. The van der Waals surface area contributed by atoms with E-state index in [9.17, 15) is 30.8 Å². The van der Waals surface area contributed by atoms with Crippen LogP contribution in [0.3, 0.4) is 0 Å². The first-order valence-corrected chi connectivity index (χ1v) is 10.2. The Morgan fingerprint density at radius 3 is 2.10 bits per heavy atom. The molecule has 29 heavy (non-hydrogen) atoms. The second kappa shape index (κ2) is 7.75. The number of halogens is 4. The Labute approximate surface area is 165 Å². The Morgan fingerprint density at radius 2 is 1.55 bits per heavy atom. The van der Waals surface area contributed by atoms with Crippen molar-refractivity contribution in [2.45, 2.75) is 18.0 Å². The van der Waals surface area contributed by atoms with Gasteiger partial charge in [-0.25, -0.2) is 12.8 Å². The van der Waals surface area contributed by atoms with Crippen molar-refractivity contribution in [3.05, 3.63) is 65.0 Å². The number of rotatable bonds is 3. The SMILES string of the molecule is Cc1ccc(F)cc1C(=O)N1CCN(S(=O)(=O)c2ccc(C(F)(F)F)cc2)CC1. The second-order valence-electron chi connectivity index (χ2n) is 6.68. The van der Waals surface area contributed by atoms with Crippen LogP contribution in [0, 0.1) is 12.7 Å². The number of aryl methyl sites for hydroxylation is 1. The van der Waals surface area contributed by atoms with E-state index in [0.717, 1.165) is 34.6 Å². The Morgan fingerprint density at radius 1 is 0.966 bits per heavy atom. The van der Waals surface area contributed by atoms with Gasteiger partial charge in [0.1, 0.15) is 5.82 Å². The van der Waals surface area contributed by atoms with Gasteiger partial charge in [0, 0.05) is 31.7 Å². The van der Waals surface area contributed by atoms with Crippen molar-refractivity contribution in [2.75, 3.05) is 26.2 Å². The van der Waals surface area contributed by atoms with Gasteiger partial charge in [-0.15, -0.1) is 0 Å². The number of benzene rings is 2. The van der Waals surface area contributed by atoms with E-state index in [0.29, 0.717) is 5.56 Å². The van der Waals surface area contributed by atoms with Gasteiger partial charge in [0.15, 0.2) is 0 Å². The molecule has 1 aliphatic heterocycles. The third kappa shape index (κ3) is 4.43. The summed E-state index contributed by atoms with van der Waals surface area (Å²) in [5.74, 6) is -0.934. The molecule has 0 N–H and O–H groups in total. The first-order valence-electron chi connectivity index (χ1n) is 8.73. The van der Waals surface area contributed by atoms with Crippen LogP contribution in [0.25, 0.3) is 0 Å². The monoisotopic (exact) mass is 430 g/mol. The molecular weight excluding hydrogens is 412 g/mol. The van der Waals surface area contributed by atoms with E-state index < -0.39 is 33.5 Å². The van der Waals surface area contributed by atoms with Gasteiger partial charge in [-0.2, -0.15) is 17.5 Å². The van der Waals surface area contributed by atoms with Crippen molar-refractivity contribution >= 4 is 15.9 Å². The third-order valence-corrected chi connectivity index (χ3v) is 6.69. The molecule has 0 aliphatic carbocycles. The van der Waals surface area contributed by atoms with Crippen LogP contribution < -0.4 is 0 Å². The van der Waals surface area contributed by atoms with Crippen LogP contribution in [-0.4, -0.2) is 49.7 Å². The van der Waals surface area contributed by atoms with Gasteiger partial charge in [-0.05, 0) is 48.9 Å². The molecular formula is C19H18F4N2O3S. The van der Waals surface area contributed by atoms with Crippen molar-refractivity contribution in [1.82, 2.24) is 9.21 Å². The van der Waals surface area contributed by atoms with Gasteiger partial charge in [-0.1, -0.05) is 6.07 Å². The highest BCUT2D eigenvalue weighted by Gasteiger charge is 2.33. The van der Waals surface area contributed by atoms with Crippen LogP contribution in [0.1, 0.15) is 21.5 Å². The second-order valence-corrected chi connectivity index (χ2v) is 8.62. The Balaban J connectivity index is 1.71. The molecule has 2 aromatic rings. The number of alkyl halides is 3. The highest BCUT2D eigenvalue weighted by molar-refractivity contribution is 7.89. The van der Waals surface area contributed by atoms with Crippen molar-refractivity contribution < 1.29 is 30.8 Å². The Kier molecular flexibility index (Phi) is 5.68. The molecule has 1 amide bonds. The van der Waals surface area contributed by atoms with Crippen LogP contribution in [0.5, 0.6) is 0 Å². The minimum atomic E-state index is -4.55. The van der Waals surface area contributed by atoms with Crippen LogP contribution in [0.2, 0.25) is 0 Å². The maximum atomic E-state index is 13.5. The zero-order valence-corrected chi connectivity index (χ0v) is 16.2. The average molecular weight is 430 g/mol.